The lowest BCUT2D eigenvalue weighted by Crippen LogP contribution is -2.34. The number of hydrogen-bond acceptors (Lipinski definition) is 15. The van der Waals surface area contributed by atoms with Gasteiger partial charge >= 0.3 is 5.97 Å². The first-order valence-electron chi connectivity index (χ1n) is 20.4. The molecular formula is C43H55N3O16S3. The van der Waals surface area contributed by atoms with Crippen molar-refractivity contribution in [1.82, 2.24) is 5.06 Å². The number of fused-ring (bicyclic) bond motifs is 1. The monoisotopic (exact) mass is 965 g/mol. The molecule has 0 aromatic heterocycles. The second-order valence-corrected chi connectivity index (χ2v) is 20.0. The van der Waals surface area contributed by atoms with Crippen molar-refractivity contribution in [3.05, 3.63) is 101 Å². The molecule has 2 atom stereocenters. The molecule has 2 amide bonds. The zero-order valence-corrected chi connectivity index (χ0v) is 38.9. The smallest absolute Gasteiger partial charge is 0.335 e. The summed E-state index contributed by atoms with van der Waals surface area (Å²) in [6, 6.07) is 8.30. The summed E-state index contributed by atoms with van der Waals surface area (Å²) in [5.41, 5.74) is 1.31. The van der Waals surface area contributed by atoms with Crippen LogP contribution in [0.25, 0.3) is 0 Å². The Bertz CT molecular complexity index is 2570. The fourth-order valence-corrected chi connectivity index (χ4v) is 9.18. The number of amides is 2. The first-order valence-corrected chi connectivity index (χ1v) is 24.9. The number of nitrogens with zero attached hydrogens (tertiary/aromatic N) is 3. The Labute approximate surface area is 379 Å². The zero-order valence-electron chi connectivity index (χ0n) is 36.5. The number of aliphatic hydroxyl groups is 1. The summed E-state index contributed by atoms with van der Waals surface area (Å²) in [6.07, 6.45) is 12.0. The van der Waals surface area contributed by atoms with Gasteiger partial charge in [0.2, 0.25) is 0 Å². The number of hydroxylamine groups is 2. The number of allylic oxidation sites excluding steroid dienone is 8. The lowest BCUT2D eigenvalue weighted by Gasteiger charge is -2.32. The van der Waals surface area contributed by atoms with E-state index in [1.807, 2.05) is 17.9 Å². The highest BCUT2D eigenvalue weighted by atomic mass is 32.2. The number of aliphatic imine (C=N–C) groups is 1. The van der Waals surface area contributed by atoms with Crippen LogP contribution in [0.3, 0.4) is 0 Å². The van der Waals surface area contributed by atoms with E-state index in [-0.39, 0.29) is 81.4 Å². The molecule has 0 spiro atoms. The molecule has 19 nitrogen and oxygen atoms in total. The molecule has 4 N–H and O–H groups in total. The second-order valence-electron chi connectivity index (χ2n) is 15.6. The van der Waals surface area contributed by atoms with Crippen molar-refractivity contribution in [1.29, 1.82) is 0 Å². The highest BCUT2D eigenvalue weighted by molar-refractivity contribution is 7.86. The van der Waals surface area contributed by atoms with E-state index in [2.05, 4.69) is 4.99 Å². The molecule has 0 radical (unpaired) electrons. The predicted molar refractivity (Wildman–Crippen MR) is 239 cm³/mol. The van der Waals surface area contributed by atoms with Crippen molar-refractivity contribution in [2.24, 2.45) is 4.99 Å². The first-order chi connectivity index (χ1) is 30.5. The number of hydrogen-bond donors (Lipinski definition) is 4. The summed E-state index contributed by atoms with van der Waals surface area (Å²) < 4.78 is 112. The highest BCUT2D eigenvalue weighted by Crippen LogP contribution is 2.50. The summed E-state index contributed by atoms with van der Waals surface area (Å²) in [7, 11) is -12.0. The third-order valence-electron chi connectivity index (χ3n) is 11.0. The van der Waals surface area contributed by atoms with E-state index in [4.69, 9.17) is 14.3 Å². The molecule has 0 saturated carbocycles. The molecule has 0 bridgehead atoms. The van der Waals surface area contributed by atoms with Crippen molar-refractivity contribution in [2.75, 3.05) is 57.3 Å². The molecule has 356 valence electrons. The minimum atomic E-state index is -4.62. The van der Waals surface area contributed by atoms with Gasteiger partial charge in [-0.15, -0.1) is 5.06 Å². The molecule has 4 rings (SSSR count). The van der Waals surface area contributed by atoms with E-state index in [0.717, 1.165) is 0 Å². The van der Waals surface area contributed by atoms with Crippen LogP contribution in [0.5, 0.6) is 0 Å². The number of methoxy groups -OCH3 is 1. The van der Waals surface area contributed by atoms with Crippen LogP contribution in [-0.2, 0) is 69.9 Å². The van der Waals surface area contributed by atoms with E-state index in [0.29, 0.717) is 45.3 Å². The number of benzene rings is 2. The molecular weight excluding hydrogens is 911 g/mol. The summed E-state index contributed by atoms with van der Waals surface area (Å²) in [5.74, 6) is -2.61. The van der Waals surface area contributed by atoms with Crippen LogP contribution in [0, 0.1) is 6.92 Å². The van der Waals surface area contributed by atoms with Gasteiger partial charge < -0.3 is 24.3 Å². The standard InChI is InChI=1S/C43H55N3O16S3/c1-31-13-14-32(64(54,55)56)29-34(31)42(2,20-10-28-63(51,52)53)37(44-22-24-47)11-8-6-5-7-9-12-38-43(3,21-26-60-4)35-30-33(65(57,58)59)15-16-36(35)45(38)23-27-61-25-19-41(50)62-46-39(48)17-18-40(46)49/h5-9,11-16,29-30,47H,10,17-28H2,1-4H3,(H,51,52,53)(H,54,55,56)(H,57,58,59)/b6-5+,9-7+,11-8+,38-12+,44-37+. The molecule has 2 heterocycles. The van der Waals surface area contributed by atoms with Crippen LogP contribution < -0.4 is 4.90 Å². The van der Waals surface area contributed by atoms with Crippen LogP contribution in [0.2, 0.25) is 0 Å². The molecule has 2 aliphatic heterocycles. The summed E-state index contributed by atoms with van der Waals surface area (Å²) in [6.45, 7) is 5.45. The predicted octanol–water partition coefficient (Wildman–Crippen LogP) is 4.23. The maximum atomic E-state index is 12.3. The Morgan fingerprint density at radius 1 is 0.892 bits per heavy atom. The van der Waals surface area contributed by atoms with E-state index in [1.54, 1.807) is 56.4 Å². The molecule has 2 aliphatic rings. The topological polar surface area (TPSA) is 281 Å². The Morgan fingerprint density at radius 3 is 2.15 bits per heavy atom. The van der Waals surface area contributed by atoms with E-state index < -0.39 is 64.7 Å². The minimum absolute atomic E-state index is 0.0394. The molecule has 22 heteroatoms. The van der Waals surface area contributed by atoms with Crippen molar-refractivity contribution >= 4 is 59.5 Å². The van der Waals surface area contributed by atoms with Crippen LogP contribution in [0.1, 0.15) is 69.1 Å². The lowest BCUT2D eigenvalue weighted by atomic mass is 9.72. The van der Waals surface area contributed by atoms with Gasteiger partial charge in [-0.05, 0) is 99.2 Å². The van der Waals surface area contributed by atoms with Crippen LogP contribution in [0.15, 0.2) is 99.4 Å². The zero-order chi connectivity index (χ0) is 48.2. The molecule has 0 aliphatic carbocycles. The van der Waals surface area contributed by atoms with Crippen molar-refractivity contribution in [2.45, 2.75) is 79.9 Å². The number of aliphatic hydroxyl groups excluding tert-OH is 1. The molecule has 2 aromatic rings. The van der Waals surface area contributed by atoms with Crippen LogP contribution in [-0.4, -0.2) is 125 Å². The third kappa shape index (κ3) is 14.0. The third-order valence-corrected chi connectivity index (χ3v) is 13.5. The van der Waals surface area contributed by atoms with Crippen molar-refractivity contribution < 1.29 is 72.7 Å². The van der Waals surface area contributed by atoms with Gasteiger partial charge in [-0.2, -0.15) is 25.3 Å². The van der Waals surface area contributed by atoms with Gasteiger partial charge in [0.25, 0.3) is 42.2 Å². The number of ether oxygens (including phenoxy) is 2. The fourth-order valence-electron chi connectivity index (χ4n) is 7.65. The number of anilines is 1. The summed E-state index contributed by atoms with van der Waals surface area (Å²) in [4.78, 5) is 46.6. The molecule has 1 saturated heterocycles. The number of carbonyl (C=O) groups is 3. The Morgan fingerprint density at radius 2 is 1.52 bits per heavy atom. The number of imide groups is 1. The van der Waals surface area contributed by atoms with E-state index in [9.17, 15) is 58.4 Å². The summed E-state index contributed by atoms with van der Waals surface area (Å²) >= 11 is 0. The van der Waals surface area contributed by atoms with Gasteiger partial charge in [0.05, 0.1) is 48.3 Å². The average molecular weight is 966 g/mol. The molecule has 2 unspecified atom stereocenters. The van der Waals surface area contributed by atoms with Crippen LogP contribution in [0.4, 0.5) is 5.69 Å². The van der Waals surface area contributed by atoms with Crippen LogP contribution >= 0.6 is 0 Å². The van der Waals surface area contributed by atoms with E-state index in [1.165, 1.54) is 37.4 Å². The normalized spacial score (nSPS) is 19.1. The summed E-state index contributed by atoms with van der Waals surface area (Å²) in [5, 5.41) is 10.1. The van der Waals surface area contributed by atoms with E-state index >= 15 is 0 Å². The molecule has 1 fully saturated rings. The van der Waals surface area contributed by atoms with Gasteiger partial charge in [0, 0.05) is 61.0 Å². The van der Waals surface area contributed by atoms with Gasteiger partial charge in [-0.1, -0.05) is 36.4 Å². The minimum Gasteiger partial charge on any atom is -0.394 e. The second kappa shape index (κ2) is 22.5. The highest BCUT2D eigenvalue weighted by Gasteiger charge is 2.44. The average Bonchev–Trinajstić information content (AvgIpc) is 3.66. The van der Waals surface area contributed by atoms with Gasteiger partial charge in [-0.3, -0.25) is 28.2 Å². The maximum absolute atomic E-state index is 12.3. The fraction of sp³-hybridized carbons (Fsp3) is 0.442. The number of aryl methyl sites for hydroxylation is 1. The van der Waals surface area contributed by atoms with Crippen molar-refractivity contribution in [3.8, 4) is 0 Å². The quantitative estimate of drug-likeness (QED) is 0.0377. The van der Waals surface area contributed by atoms with Gasteiger partial charge in [0.15, 0.2) is 0 Å². The van der Waals surface area contributed by atoms with Crippen molar-refractivity contribution in [3.63, 3.8) is 0 Å². The number of rotatable bonds is 24. The Balaban J connectivity index is 1.63. The maximum Gasteiger partial charge on any atom is 0.335 e. The Kier molecular flexibility index (Phi) is 18.3. The SMILES string of the molecule is COCCC1(C)\C(=C/C=C/C=C/C=C/C(=N\CCO)C(C)(CCCS(=O)(=O)O)c2cc(S(=O)(=O)O)ccc2C)N(CCOCCC(=O)ON2C(=O)CCC2=O)c2ccc(S(=O)(=O)O)cc21. The first kappa shape index (κ1) is 52.7. The number of carbonyl (C=O) groups excluding carboxylic acids is 3. The molecule has 65 heavy (non-hydrogen) atoms. The van der Waals surface area contributed by atoms with Gasteiger partial charge in [0.1, 0.15) is 0 Å². The van der Waals surface area contributed by atoms with Gasteiger partial charge in [-0.25, -0.2) is 4.79 Å². The Hall–Kier alpha value is -4.91. The largest absolute Gasteiger partial charge is 0.394 e. The lowest BCUT2D eigenvalue weighted by molar-refractivity contribution is -0.198. The molecule has 2 aromatic carbocycles.